The molecular weight excluding hydrogens is 340 g/mol. The van der Waals surface area contributed by atoms with Gasteiger partial charge in [0.1, 0.15) is 5.75 Å². The summed E-state index contributed by atoms with van der Waals surface area (Å²) in [6.07, 6.45) is 4.58. The van der Waals surface area contributed by atoms with Crippen LogP contribution in [0.15, 0.2) is 48.5 Å². The zero-order valence-corrected chi connectivity index (χ0v) is 16.2. The van der Waals surface area contributed by atoms with Crippen molar-refractivity contribution in [3.8, 4) is 16.9 Å². The maximum Gasteiger partial charge on any atom is 0.305 e. The predicted octanol–water partition coefficient (Wildman–Crippen LogP) is 5.45. The predicted molar refractivity (Wildman–Crippen MR) is 107 cm³/mol. The first-order valence-corrected chi connectivity index (χ1v) is 9.57. The molecule has 0 unspecified atom stereocenters. The van der Waals surface area contributed by atoms with Gasteiger partial charge >= 0.3 is 5.97 Å². The number of methoxy groups -OCH3 is 1. The van der Waals surface area contributed by atoms with Crippen molar-refractivity contribution in [2.75, 3.05) is 13.7 Å². The summed E-state index contributed by atoms with van der Waals surface area (Å²) in [6, 6.07) is 15.6. The molecule has 2 rings (SSSR count). The van der Waals surface area contributed by atoms with Crippen molar-refractivity contribution in [2.45, 2.75) is 45.4 Å². The highest BCUT2D eigenvalue weighted by Gasteiger charge is 2.07. The Balaban J connectivity index is 1.74. The van der Waals surface area contributed by atoms with E-state index in [0.717, 1.165) is 48.1 Å². The molecule has 0 heterocycles. The Labute approximate surface area is 161 Å². The lowest BCUT2D eigenvalue weighted by Crippen LogP contribution is -2.03. The van der Waals surface area contributed by atoms with Crippen LogP contribution in [0.4, 0.5) is 0 Å². The Morgan fingerprint density at radius 1 is 0.778 bits per heavy atom. The molecule has 0 aliphatic heterocycles. The van der Waals surface area contributed by atoms with Gasteiger partial charge in [0.25, 0.3) is 0 Å². The molecule has 0 aromatic heterocycles. The van der Waals surface area contributed by atoms with Crippen molar-refractivity contribution in [3.63, 3.8) is 0 Å². The summed E-state index contributed by atoms with van der Waals surface area (Å²) in [5.74, 6) is 0.861. The van der Waals surface area contributed by atoms with E-state index in [2.05, 4.69) is 0 Å². The third-order valence-corrected chi connectivity index (χ3v) is 4.47. The van der Waals surface area contributed by atoms with E-state index in [0.29, 0.717) is 19.4 Å². The SMILES string of the molecule is CCOC(=O)CCCCCCC(=O)c1ccc(-c2ccc(OC)cc2)cc1. The summed E-state index contributed by atoms with van der Waals surface area (Å²) in [5.41, 5.74) is 2.92. The van der Waals surface area contributed by atoms with Gasteiger partial charge in [-0.25, -0.2) is 0 Å². The molecule has 0 N–H and O–H groups in total. The van der Waals surface area contributed by atoms with E-state index in [4.69, 9.17) is 9.47 Å². The topological polar surface area (TPSA) is 52.6 Å². The first kappa shape index (κ1) is 20.7. The number of rotatable bonds is 11. The van der Waals surface area contributed by atoms with Crippen LogP contribution in [0.3, 0.4) is 0 Å². The number of ketones is 1. The second-order valence-electron chi connectivity index (χ2n) is 6.45. The molecule has 0 saturated carbocycles. The van der Waals surface area contributed by atoms with Crippen molar-refractivity contribution in [2.24, 2.45) is 0 Å². The quantitative estimate of drug-likeness (QED) is 0.301. The number of benzene rings is 2. The molecule has 2 aromatic rings. The van der Waals surface area contributed by atoms with E-state index < -0.39 is 0 Å². The molecule has 2 aromatic carbocycles. The minimum atomic E-state index is -0.134. The lowest BCUT2D eigenvalue weighted by atomic mass is 10.00. The summed E-state index contributed by atoms with van der Waals surface area (Å²) in [6.45, 7) is 2.25. The largest absolute Gasteiger partial charge is 0.497 e. The normalized spacial score (nSPS) is 10.4. The van der Waals surface area contributed by atoms with Gasteiger partial charge in [-0.15, -0.1) is 0 Å². The fourth-order valence-electron chi connectivity index (χ4n) is 2.92. The highest BCUT2D eigenvalue weighted by atomic mass is 16.5. The van der Waals surface area contributed by atoms with E-state index in [9.17, 15) is 9.59 Å². The van der Waals surface area contributed by atoms with Crippen LogP contribution >= 0.6 is 0 Å². The zero-order chi connectivity index (χ0) is 19.5. The standard InChI is InChI=1S/C23H28O4/c1-3-27-23(25)9-7-5-4-6-8-22(24)20-12-10-18(11-13-20)19-14-16-21(26-2)17-15-19/h10-17H,3-9H2,1-2H3. The fourth-order valence-corrected chi connectivity index (χ4v) is 2.92. The molecule has 4 heteroatoms. The summed E-state index contributed by atoms with van der Waals surface area (Å²) in [4.78, 5) is 23.6. The molecule has 27 heavy (non-hydrogen) atoms. The zero-order valence-electron chi connectivity index (χ0n) is 16.2. The number of ether oxygens (including phenoxy) is 2. The molecule has 0 amide bonds. The molecule has 0 fully saturated rings. The van der Waals surface area contributed by atoms with Crippen LogP contribution in [0.25, 0.3) is 11.1 Å². The van der Waals surface area contributed by atoms with E-state index in [1.54, 1.807) is 7.11 Å². The Bertz CT molecular complexity index is 717. The van der Waals surface area contributed by atoms with Gasteiger partial charge in [0.15, 0.2) is 5.78 Å². The molecule has 0 spiro atoms. The van der Waals surface area contributed by atoms with Crippen LogP contribution in [-0.2, 0) is 9.53 Å². The van der Waals surface area contributed by atoms with Gasteiger partial charge in [0.05, 0.1) is 13.7 Å². The summed E-state index contributed by atoms with van der Waals surface area (Å²) >= 11 is 0. The van der Waals surface area contributed by atoms with Crippen molar-refractivity contribution >= 4 is 11.8 Å². The maximum atomic E-state index is 12.3. The average molecular weight is 368 g/mol. The van der Waals surface area contributed by atoms with Crippen LogP contribution in [0.2, 0.25) is 0 Å². The molecule has 0 saturated heterocycles. The van der Waals surface area contributed by atoms with Gasteiger partial charge in [-0.05, 0) is 43.0 Å². The number of esters is 1. The van der Waals surface area contributed by atoms with E-state index in [-0.39, 0.29) is 11.8 Å². The lowest BCUT2D eigenvalue weighted by Gasteiger charge is -2.06. The van der Waals surface area contributed by atoms with Gasteiger partial charge in [-0.2, -0.15) is 0 Å². The highest BCUT2D eigenvalue weighted by Crippen LogP contribution is 2.23. The molecule has 0 radical (unpaired) electrons. The summed E-state index contributed by atoms with van der Waals surface area (Å²) in [7, 11) is 1.65. The second-order valence-corrected chi connectivity index (χ2v) is 6.45. The van der Waals surface area contributed by atoms with Crippen LogP contribution in [0, 0.1) is 0 Å². The van der Waals surface area contributed by atoms with Crippen LogP contribution in [0.5, 0.6) is 5.75 Å². The van der Waals surface area contributed by atoms with Crippen molar-refractivity contribution in [3.05, 3.63) is 54.1 Å². The maximum absolute atomic E-state index is 12.3. The number of Topliss-reactive ketones (excluding diaryl/α,β-unsaturated/α-hetero) is 1. The third-order valence-electron chi connectivity index (χ3n) is 4.47. The molecule has 4 nitrogen and oxygen atoms in total. The first-order valence-electron chi connectivity index (χ1n) is 9.57. The van der Waals surface area contributed by atoms with Crippen molar-refractivity contribution in [1.29, 1.82) is 0 Å². The monoisotopic (exact) mass is 368 g/mol. The Morgan fingerprint density at radius 2 is 1.33 bits per heavy atom. The summed E-state index contributed by atoms with van der Waals surface area (Å²) in [5, 5.41) is 0. The smallest absolute Gasteiger partial charge is 0.305 e. The third kappa shape index (κ3) is 6.89. The van der Waals surface area contributed by atoms with Gasteiger partial charge in [-0.3, -0.25) is 9.59 Å². The Hall–Kier alpha value is -2.62. The Kier molecular flexibility index (Phi) is 8.56. The molecular formula is C23H28O4. The summed E-state index contributed by atoms with van der Waals surface area (Å²) < 4.78 is 10.1. The van der Waals surface area contributed by atoms with Gasteiger partial charge in [0, 0.05) is 18.4 Å². The molecule has 0 aliphatic carbocycles. The van der Waals surface area contributed by atoms with Crippen LogP contribution < -0.4 is 4.74 Å². The van der Waals surface area contributed by atoms with E-state index >= 15 is 0 Å². The molecule has 0 atom stereocenters. The van der Waals surface area contributed by atoms with Crippen LogP contribution in [-0.4, -0.2) is 25.5 Å². The minimum absolute atomic E-state index is 0.134. The number of hydrogen-bond acceptors (Lipinski definition) is 4. The minimum Gasteiger partial charge on any atom is -0.497 e. The van der Waals surface area contributed by atoms with Crippen molar-refractivity contribution in [1.82, 2.24) is 0 Å². The average Bonchev–Trinajstić information content (AvgIpc) is 2.71. The van der Waals surface area contributed by atoms with Crippen molar-refractivity contribution < 1.29 is 19.1 Å². The highest BCUT2D eigenvalue weighted by molar-refractivity contribution is 5.96. The first-order chi connectivity index (χ1) is 13.1. The van der Waals surface area contributed by atoms with E-state index in [1.807, 2.05) is 55.5 Å². The van der Waals surface area contributed by atoms with Gasteiger partial charge < -0.3 is 9.47 Å². The fraction of sp³-hybridized carbons (Fsp3) is 0.391. The molecule has 144 valence electrons. The van der Waals surface area contributed by atoms with Gasteiger partial charge in [0.2, 0.25) is 0 Å². The molecule has 0 bridgehead atoms. The van der Waals surface area contributed by atoms with Crippen LogP contribution in [0.1, 0.15) is 55.8 Å². The number of hydrogen-bond donors (Lipinski definition) is 0. The molecule has 0 aliphatic rings. The lowest BCUT2D eigenvalue weighted by molar-refractivity contribution is -0.143. The number of carbonyl (C=O) groups is 2. The number of carbonyl (C=O) groups excluding carboxylic acids is 2. The Morgan fingerprint density at radius 3 is 1.89 bits per heavy atom. The number of unbranched alkanes of at least 4 members (excludes halogenated alkanes) is 3. The van der Waals surface area contributed by atoms with Gasteiger partial charge in [-0.1, -0.05) is 49.2 Å². The van der Waals surface area contributed by atoms with E-state index in [1.165, 1.54) is 0 Å². The second kappa shape index (κ2) is 11.2.